The number of carbonyl (C=O) groups excluding carboxylic acids is 4. The molecule has 10 heteroatoms. The highest BCUT2D eigenvalue weighted by atomic mass is 16.6. The van der Waals surface area contributed by atoms with E-state index in [4.69, 9.17) is 4.74 Å². The third-order valence-corrected chi connectivity index (χ3v) is 3.53. The summed E-state index contributed by atoms with van der Waals surface area (Å²) >= 11 is 0. The molecule has 2 rings (SSSR count). The third kappa shape index (κ3) is 3.95. The minimum atomic E-state index is -1.10. The van der Waals surface area contributed by atoms with Crippen molar-refractivity contribution in [2.75, 3.05) is 7.11 Å². The van der Waals surface area contributed by atoms with Gasteiger partial charge in [0.15, 0.2) is 5.69 Å². The number of imide groups is 3. The van der Waals surface area contributed by atoms with Crippen LogP contribution in [0.25, 0.3) is 0 Å². The van der Waals surface area contributed by atoms with Gasteiger partial charge in [0.25, 0.3) is 11.5 Å². The molecule has 1 unspecified atom stereocenters. The Labute approximate surface area is 148 Å². The molecule has 1 saturated heterocycles. The first-order chi connectivity index (χ1) is 12.0. The zero-order valence-electron chi connectivity index (χ0n) is 14.8. The number of methoxy groups -OCH3 is 1. The van der Waals surface area contributed by atoms with Crippen LogP contribution in [-0.2, 0) is 19.1 Å². The topological polar surface area (TPSA) is 125 Å². The second-order valence-electron chi connectivity index (χ2n) is 6.61. The molecule has 26 heavy (non-hydrogen) atoms. The Morgan fingerprint density at radius 1 is 1.23 bits per heavy atom. The van der Waals surface area contributed by atoms with Gasteiger partial charge in [-0.1, -0.05) is 0 Å². The van der Waals surface area contributed by atoms with Crippen molar-refractivity contribution in [3.63, 3.8) is 0 Å². The summed E-state index contributed by atoms with van der Waals surface area (Å²) in [6, 6.07) is -0.181. The Balaban J connectivity index is 2.32. The molecule has 10 nitrogen and oxygen atoms in total. The number of piperidine rings is 1. The van der Waals surface area contributed by atoms with E-state index in [0.717, 1.165) is 24.1 Å². The van der Waals surface area contributed by atoms with Crippen LogP contribution in [-0.4, -0.2) is 51.0 Å². The maximum absolute atomic E-state index is 12.6. The molecule has 1 aliphatic rings. The number of aromatic nitrogens is 2. The van der Waals surface area contributed by atoms with Crippen LogP contribution in [0.4, 0.5) is 4.79 Å². The number of ether oxygens (including phenoxy) is 2. The minimum absolute atomic E-state index is 0.0239. The molecule has 0 aliphatic carbocycles. The van der Waals surface area contributed by atoms with Gasteiger partial charge < -0.3 is 9.47 Å². The molecule has 1 atom stereocenters. The van der Waals surface area contributed by atoms with Crippen molar-refractivity contribution in [3.05, 3.63) is 28.4 Å². The van der Waals surface area contributed by atoms with E-state index in [1.165, 1.54) is 0 Å². The van der Waals surface area contributed by atoms with Crippen LogP contribution in [0.1, 0.15) is 50.1 Å². The van der Waals surface area contributed by atoms with Crippen molar-refractivity contribution in [2.24, 2.45) is 0 Å². The summed E-state index contributed by atoms with van der Waals surface area (Å²) in [6.45, 7) is 4.80. The van der Waals surface area contributed by atoms with Gasteiger partial charge in [0.1, 0.15) is 11.6 Å². The second kappa shape index (κ2) is 7.06. The Hall–Kier alpha value is -3.04. The van der Waals surface area contributed by atoms with Gasteiger partial charge in [-0.15, -0.1) is 0 Å². The lowest BCUT2D eigenvalue weighted by Crippen LogP contribution is -2.51. The van der Waals surface area contributed by atoms with Gasteiger partial charge in [-0.2, -0.15) is 4.90 Å². The van der Waals surface area contributed by atoms with E-state index in [9.17, 15) is 24.0 Å². The lowest BCUT2D eigenvalue weighted by molar-refractivity contribution is -0.149. The molecule has 1 fully saturated rings. The molecular formula is C16H19N3O7. The molecule has 1 aromatic rings. The molecule has 0 aromatic carbocycles. The number of amides is 3. The van der Waals surface area contributed by atoms with Crippen LogP contribution in [0.5, 0.6) is 0 Å². The molecule has 0 bridgehead atoms. The summed E-state index contributed by atoms with van der Waals surface area (Å²) in [7, 11) is 1.14. The predicted molar refractivity (Wildman–Crippen MR) is 86.2 cm³/mol. The Bertz CT molecular complexity index is 822. The summed E-state index contributed by atoms with van der Waals surface area (Å²) in [5.41, 5.74) is -1.79. The van der Waals surface area contributed by atoms with E-state index in [1.54, 1.807) is 20.8 Å². The predicted octanol–water partition coefficient (Wildman–Crippen LogP) is 0.655. The van der Waals surface area contributed by atoms with Gasteiger partial charge in [-0.05, 0) is 27.2 Å². The summed E-state index contributed by atoms with van der Waals surface area (Å²) < 4.78 is 10.5. The zero-order valence-corrected chi connectivity index (χ0v) is 14.8. The van der Waals surface area contributed by atoms with Gasteiger partial charge >= 0.3 is 12.1 Å². The lowest BCUT2D eigenvalue weighted by Gasteiger charge is -2.31. The number of hydrogen-bond donors (Lipinski definition) is 0. The number of carbonyl (C=O) groups is 4. The number of esters is 1. The zero-order chi connectivity index (χ0) is 19.6. The fourth-order valence-corrected chi connectivity index (χ4v) is 2.39. The fourth-order valence-electron chi connectivity index (χ4n) is 2.39. The first-order valence-corrected chi connectivity index (χ1v) is 7.81. The van der Waals surface area contributed by atoms with Crippen molar-refractivity contribution < 1.29 is 28.7 Å². The largest absolute Gasteiger partial charge is 0.464 e. The molecule has 1 aliphatic heterocycles. The van der Waals surface area contributed by atoms with E-state index in [1.807, 2.05) is 0 Å². The Kier molecular flexibility index (Phi) is 5.24. The maximum Gasteiger partial charge on any atom is 0.424 e. The smallest absolute Gasteiger partial charge is 0.424 e. The standard InChI is InChI=1S/C16H19N3O7/c1-16(2,3)26-15(24)19-11(20)6-5-10(13(19)22)18-8-17-9(7-12(18)21)14(23)25-4/h7-8,10H,5-6H2,1-4H3. The van der Waals surface area contributed by atoms with Crippen molar-refractivity contribution in [1.29, 1.82) is 0 Å². The normalized spacial score (nSPS) is 17.8. The van der Waals surface area contributed by atoms with Crippen LogP contribution in [0, 0.1) is 0 Å². The molecule has 2 heterocycles. The maximum atomic E-state index is 12.6. The highest BCUT2D eigenvalue weighted by molar-refractivity contribution is 6.11. The molecule has 1 aromatic heterocycles. The van der Waals surface area contributed by atoms with Gasteiger partial charge in [-0.3, -0.25) is 19.0 Å². The highest BCUT2D eigenvalue weighted by Crippen LogP contribution is 2.24. The average molecular weight is 365 g/mol. The Morgan fingerprint density at radius 3 is 2.42 bits per heavy atom. The molecular weight excluding hydrogens is 346 g/mol. The first kappa shape index (κ1) is 19.3. The van der Waals surface area contributed by atoms with Gasteiger partial charge in [-0.25, -0.2) is 14.6 Å². The quantitative estimate of drug-likeness (QED) is 0.553. The molecule has 0 saturated carbocycles. The van der Waals surface area contributed by atoms with Crippen LogP contribution in [0.3, 0.4) is 0 Å². The third-order valence-electron chi connectivity index (χ3n) is 3.53. The SMILES string of the molecule is COC(=O)c1cc(=O)n(C2CCC(=O)N(C(=O)OC(C)(C)C)C2=O)cn1. The van der Waals surface area contributed by atoms with E-state index < -0.39 is 41.1 Å². The number of likely N-dealkylation sites (tertiary alicyclic amines) is 1. The van der Waals surface area contributed by atoms with Crippen LogP contribution < -0.4 is 5.56 Å². The van der Waals surface area contributed by atoms with Crippen molar-refractivity contribution >= 4 is 23.9 Å². The monoisotopic (exact) mass is 365 g/mol. The first-order valence-electron chi connectivity index (χ1n) is 7.81. The lowest BCUT2D eigenvalue weighted by atomic mass is 10.0. The van der Waals surface area contributed by atoms with E-state index in [-0.39, 0.29) is 18.5 Å². The number of rotatable bonds is 2. The molecule has 3 amide bonds. The van der Waals surface area contributed by atoms with E-state index in [2.05, 4.69) is 9.72 Å². The molecule has 140 valence electrons. The minimum Gasteiger partial charge on any atom is -0.464 e. The van der Waals surface area contributed by atoms with Crippen LogP contribution >= 0.6 is 0 Å². The Morgan fingerprint density at radius 2 is 1.88 bits per heavy atom. The fraction of sp³-hybridized carbons (Fsp3) is 0.500. The number of hydrogen-bond acceptors (Lipinski definition) is 8. The van der Waals surface area contributed by atoms with Crippen molar-refractivity contribution in [3.8, 4) is 0 Å². The summed E-state index contributed by atoms with van der Waals surface area (Å²) in [6.07, 6.45) is -0.179. The average Bonchev–Trinajstić information content (AvgIpc) is 2.53. The highest BCUT2D eigenvalue weighted by Gasteiger charge is 2.41. The van der Waals surface area contributed by atoms with Crippen molar-refractivity contribution in [1.82, 2.24) is 14.5 Å². The second-order valence-corrected chi connectivity index (χ2v) is 6.61. The van der Waals surface area contributed by atoms with Crippen LogP contribution in [0.2, 0.25) is 0 Å². The summed E-state index contributed by atoms with van der Waals surface area (Å²) in [5, 5.41) is 0. The summed E-state index contributed by atoms with van der Waals surface area (Å²) in [5.74, 6) is -2.38. The van der Waals surface area contributed by atoms with E-state index in [0.29, 0.717) is 4.90 Å². The van der Waals surface area contributed by atoms with Gasteiger partial charge in [0.05, 0.1) is 13.4 Å². The molecule has 0 spiro atoms. The van der Waals surface area contributed by atoms with Gasteiger partial charge in [0, 0.05) is 12.5 Å². The van der Waals surface area contributed by atoms with Crippen LogP contribution in [0.15, 0.2) is 17.2 Å². The van der Waals surface area contributed by atoms with E-state index >= 15 is 0 Å². The summed E-state index contributed by atoms with van der Waals surface area (Å²) in [4.78, 5) is 64.7. The molecule has 0 N–H and O–H groups in total. The van der Waals surface area contributed by atoms with Gasteiger partial charge in [0.2, 0.25) is 5.91 Å². The van der Waals surface area contributed by atoms with Crippen molar-refractivity contribution in [2.45, 2.75) is 45.3 Å². The number of nitrogens with zero attached hydrogens (tertiary/aromatic N) is 3. The molecule has 0 radical (unpaired) electrons.